The average molecular weight is 190 g/mol. The van der Waals surface area contributed by atoms with Crippen LogP contribution in [0.25, 0.3) is 0 Å². The fourth-order valence-electron chi connectivity index (χ4n) is 2.29. The maximum Gasteiger partial charge on any atom is 0.0316 e. The Morgan fingerprint density at radius 3 is 2.64 bits per heavy atom. The average Bonchev–Trinajstić information content (AvgIpc) is 2.19. The molecule has 2 nitrogen and oxygen atoms in total. The molecule has 0 aliphatic carbocycles. The van der Waals surface area contributed by atoms with Crippen molar-refractivity contribution >= 4 is 5.69 Å². The van der Waals surface area contributed by atoms with Crippen LogP contribution in [0.2, 0.25) is 0 Å². The number of rotatable bonds is 1. The van der Waals surface area contributed by atoms with E-state index in [1.54, 1.807) is 0 Å². The summed E-state index contributed by atoms with van der Waals surface area (Å²) in [6.07, 6.45) is 2.51. The highest BCUT2D eigenvalue weighted by Crippen LogP contribution is 2.28. The Hall–Kier alpha value is -1.02. The van der Waals surface area contributed by atoms with E-state index in [4.69, 9.17) is 5.73 Å². The standard InChI is InChI=1S/C12H18N2/c1-9-8-11(13)2-3-12(9)10-4-6-14-7-5-10/h2-3,8,10,14H,4-7,13H2,1H3. The van der Waals surface area contributed by atoms with Crippen LogP contribution in [0.5, 0.6) is 0 Å². The Bertz CT molecular complexity index is 314. The molecular formula is C12H18N2. The van der Waals surface area contributed by atoms with Gasteiger partial charge in [0.2, 0.25) is 0 Å². The second-order valence-electron chi connectivity index (χ2n) is 4.14. The maximum atomic E-state index is 5.74. The van der Waals surface area contributed by atoms with Crippen LogP contribution in [0.4, 0.5) is 5.69 Å². The van der Waals surface area contributed by atoms with Crippen molar-refractivity contribution in [3.8, 4) is 0 Å². The molecule has 1 fully saturated rings. The first kappa shape index (κ1) is 9.53. The lowest BCUT2D eigenvalue weighted by Gasteiger charge is -2.24. The summed E-state index contributed by atoms with van der Waals surface area (Å²) in [4.78, 5) is 0. The Labute approximate surface area is 85.5 Å². The zero-order valence-corrected chi connectivity index (χ0v) is 8.72. The predicted molar refractivity (Wildman–Crippen MR) is 60.4 cm³/mol. The van der Waals surface area contributed by atoms with E-state index in [0.717, 1.165) is 24.7 Å². The van der Waals surface area contributed by atoms with Crippen molar-refractivity contribution in [1.82, 2.24) is 5.32 Å². The van der Waals surface area contributed by atoms with Gasteiger partial charge < -0.3 is 11.1 Å². The predicted octanol–water partition coefficient (Wildman–Crippen LogP) is 2.04. The van der Waals surface area contributed by atoms with Crippen molar-refractivity contribution in [3.63, 3.8) is 0 Å². The van der Waals surface area contributed by atoms with Crippen LogP contribution in [0.1, 0.15) is 29.9 Å². The van der Waals surface area contributed by atoms with Gasteiger partial charge in [-0.1, -0.05) is 6.07 Å². The molecule has 1 aliphatic heterocycles. The summed E-state index contributed by atoms with van der Waals surface area (Å²) in [6.45, 7) is 4.46. The van der Waals surface area contributed by atoms with Crippen molar-refractivity contribution < 1.29 is 0 Å². The Morgan fingerprint density at radius 2 is 2.00 bits per heavy atom. The summed E-state index contributed by atoms with van der Waals surface area (Å²) < 4.78 is 0. The molecule has 0 aromatic heterocycles. The Morgan fingerprint density at radius 1 is 1.29 bits per heavy atom. The third kappa shape index (κ3) is 1.90. The van der Waals surface area contributed by atoms with Gasteiger partial charge in [-0.25, -0.2) is 0 Å². The van der Waals surface area contributed by atoms with Crippen LogP contribution in [-0.4, -0.2) is 13.1 Å². The van der Waals surface area contributed by atoms with Crippen molar-refractivity contribution in [3.05, 3.63) is 29.3 Å². The number of nitrogen functional groups attached to an aromatic ring is 1. The van der Waals surface area contributed by atoms with Gasteiger partial charge in [0.25, 0.3) is 0 Å². The van der Waals surface area contributed by atoms with E-state index in [2.05, 4.69) is 24.4 Å². The fraction of sp³-hybridized carbons (Fsp3) is 0.500. The van der Waals surface area contributed by atoms with Crippen LogP contribution in [0.3, 0.4) is 0 Å². The molecule has 3 N–H and O–H groups in total. The largest absolute Gasteiger partial charge is 0.399 e. The zero-order chi connectivity index (χ0) is 9.97. The van der Waals surface area contributed by atoms with Crippen LogP contribution >= 0.6 is 0 Å². The van der Waals surface area contributed by atoms with Gasteiger partial charge in [0.05, 0.1) is 0 Å². The highest BCUT2D eigenvalue weighted by Gasteiger charge is 2.16. The molecule has 0 amide bonds. The van der Waals surface area contributed by atoms with Gasteiger partial charge in [0, 0.05) is 5.69 Å². The number of benzene rings is 1. The monoisotopic (exact) mass is 190 g/mol. The molecule has 1 saturated heterocycles. The number of aryl methyl sites for hydroxylation is 1. The lowest BCUT2D eigenvalue weighted by atomic mass is 9.87. The van der Waals surface area contributed by atoms with E-state index in [9.17, 15) is 0 Å². The first-order valence-corrected chi connectivity index (χ1v) is 5.34. The molecule has 0 radical (unpaired) electrons. The molecule has 2 rings (SSSR count). The minimum Gasteiger partial charge on any atom is -0.399 e. The zero-order valence-electron chi connectivity index (χ0n) is 8.72. The Balaban J connectivity index is 2.22. The maximum absolute atomic E-state index is 5.74. The SMILES string of the molecule is Cc1cc(N)ccc1C1CCNCC1. The lowest BCUT2D eigenvalue weighted by molar-refractivity contribution is 0.459. The number of hydrogen-bond acceptors (Lipinski definition) is 2. The van der Waals surface area contributed by atoms with E-state index < -0.39 is 0 Å². The third-order valence-corrected chi connectivity index (χ3v) is 3.07. The summed E-state index contributed by atoms with van der Waals surface area (Å²) in [6, 6.07) is 6.29. The number of hydrogen-bond donors (Lipinski definition) is 2. The molecule has 76 valence electrons. The van der Waals surface area contributed by atoms with Gasteiger partial charge in [-0.05, 0) is 62.0 Å². The van der Waals surface area contributed by atoms with Crippen LogP contribution in [-0.2, 0) is 0 Å². The van der Waals surface area contributed by atoms with E-state index in [1.807, 2.05) is 6.07 Å². The molecule has 0 atom stereocenters. The molecule has 0 spiro atoms. The number of nitrogens with one attached hydrogen (secondary N) is 1. The van der Waals surface area contributed by atoms with Crippen LogP contribution < -0.4 is 11.1 Å². The van der Waals surface area contributed by atoms with Crippen molar-refractivity contribution in [2.75, 3.05) is 18.8 Å². The summed E-state index contributed by atoms with van der Waals surface area (Å²) in [5.74, 6) is 0.733. The normalized spacial score (nSPS) is 18.4. The molecule has 0 unspecified atom stereocenters. The van der Waals surface area contributed by atoms with Gasteiger partial charge >= 0.3 is 0 Å². The van der Waals surface area contributed by atoms with E-state index in [-0.39, 0.29) is 0 Å². The molecular weight excluding hydrogens is 172 g/mol. The first-order valence-electron chi connectivity index (χ1n) is 5.34. The van der Waals surface area contributed by atoms with E-state index in [0.29, 0.717) is 0 Å². The number of piperidine rings is 1. The molecule has 2 heteroatoms. The highest BCUT2D eigenvalue weighted by molar-refractivity contribution is 5.45. The number of nitrogens with two attached hydrogens (primary N) is 1. The van der Waals surface area contributed by atoms with Crippen molar-refractivity contribution in [1.29, 1.82) is 0 Å². The molecule has 1 heterocycles. The minimum atomic E-state index is 0.733. The lowest BCUT2D eigenvalue weighted by Crippen LogP contribution is -2.26. The van der Waals surface area contributed by atoms with E-state index >= 15 is 0 Å². The molecule has 0 saturated carbocycles. The smallest absolute Gasteiger partial charge is 0.0316 e. The molecule has 14 heavy (non-hydrogen) atoms. The quantitative estimate of drug-likeness (QED) is 0.665. The van der Waals surface area contributed by atoms with Gasteiger partial charge in [-0.3, -0.25) is 0 Å². The molecule has 0 bridgehead atoms. The topological polar surface area (TPSA) is 38.0 Å². The van der Waals surface area contributed by atoms with Crippen LogP contribution in [0, 0.1) is 6.92 Å². The summed E-state index contributed by atoms with van der Waals surface area (Å²) in [5, 5.41) is 3.39. The van der Waals surface area contributed by atoms with Crippen molar-refractivity contribution in [2.45, 2.75) is 25.7 Å². The van der Waals surface area contributed by atoms with Gasteiger partial charge in [-0.2, -0.15) is 0 Å². The second kappa shape index (κ2) is 4.01. The number of anilines is 1. The van der Waals surface area contributed by atoms with Gasteiger partial charge in [0.15, 0.2) is 0 Å². The first-order chi connectivity index (χ1) is 6.77. The van der Waals surface area contributed by atoms with Gasteiger partial charge in [-0.15, -0.1) is 0 Å². The summed E-state index contributed by atoms with van der Waals surface area (Å²) >= 11 is 0. The molecule has 1 aromatic carbocycles. The summed E-state index contributed by atoms with van der Waals surface area (Å²) in [5.41, 5.74) is 9.45. The van der Waals surface area contributed by atoms with Crippen LogP contribution in [0.15, 0.2) is 18.2 Å². The third-order valence-electron chi connectivity index (χ3n) is 3.07. The van der Waals surface area contributed by atoms with Crippen molar-refractivity contribution in [2.24, 2.45) is 0 Å². The summed E-state index contributed by atoms with van der Waals surface area (Å²) in [7, 11) is 0. The van der Waals surface area contributed by atoms with Gasteiger partial charge in [0.1, 0.15) is 0 Å². The fourth-order valence-corrected chi connectivity index (χ4v) is 2.29. The van der Waals surface area contributed by atoms with E-state index in [1.165, 1.54) is 24.0 Å². The molecule has 1 aliphatic rings. The Kier molecular flexibility index (Phi) is 2.73. The highest BCUT2D eigenvalue weighted by atomic mass is 14.9. The molecule has 1 aromatic rings. The minimum absolute atomic E-state index is 0.733. The second-order valence-corrected chi connectivity index (χ2v) is 4.14.